The van der Waals surface area contributed by atoms with Crippen molar-refractivity contribution < 1.29 is 22.8 Å². The van der Waals surface area contributed by atoms with Gasteiger partial charge in [0.15, 0.2) is 5.76 Å². The Bertz CT molecular complexity index is 926. The summed E-state index contributed by atoms with van der Waals surface area (Å²) in [5.41, 5.74) is 4.72. The van der Waals surface area contributed by atoms with Crippen LogP contribution in [-0.2, 0) is 0 Å². The molecule has 2 amide bonds. The molecule has 0 saturated carbocycles. The number of rotatable bonds is 3. The Hall–Kier alpha value is -3.55. The summed E-state index contributed by atoms with van der Waals surface area (Å²) in [4.78, 5) is 27.6. The number of benzene rings is 1. The predicted octanol–water partition coefficient (Wildman–Crippen LogP) is 2.69. The van der Waals surface area contributed by atoms with Crippen molar-refractivity contribution in [3.8, 4) is 11.3 Å². The van der Waals surface area contributed by atoms with Crippen molar-refractivity contribution in [1.29, 1.82) is 0 Å². The number of aromatic nitrogens is 1. The van der Waals surface area contributed by atoms with Crippen LogP contribution in [0, 0.1) is 11.6 Å². The van der Waals surface area contributed by atoms with Crippen LogP contribution in [0.15, 0.2) is 59.3 Å². The molecule has 0 aliphatic rings. The Balaban J connectivity index is 1.68. The average molecular weight is 343 g/mol. The zero-order valence-corrected chi connectivity index (χ0v) is 12.6. The van der Waals surface area contributed by atoms with Crippen LogP contribution in [0.3, 0.4) is 0 Å². The van der Waals surface area contributed by atoms with Crippen LogP contribution in [0.4, 0.5) is 8.78 Å². The number of nitrogens with one attached hydrogen (secondary N) is 2. The van der Waals surface area contributed by atoms with Crippen LogP contribution in [0.5, 0.6) is 0 Å². The van der Waals surface area contributed by atoms with E-state index in [0.717, 1.165) is 6.07 Å². The lowest BCUT2D eigenvalue weighted by Gasteiger charge is -2.05. The maximum atomic E-state index is 13.7. The number of pyridine rings is 1. The lowest BCUT2D eigenvalue weighted by atomic mass is 10.1. The second kappa shape index (κ2) is 6.91. The van der Waals surface area contributed by atoms with Crippen molar-refractivity contribution in [1.82, 2.24) is 15.8 Å². The molecule has 1 aromatic carbocycles. The van der Waals surface area contributed by atoms with E-state index in [4.69, 9.17) is 4.42 Å². The zero-order chi connectivity index (χ0) is 17.8. The summed E-state index contributed by atoms with van der Waals surface area (Å²) in [5.74, 6) is -2.88. The fraction of sp³-hybridized carbons (Fsp3) is 0. The molecule has 0 unspecified atom stereocenters. The van der Waals surface area contributed by atoms with Gasteiger partial charge < -0.3 is 4.42 Å². The van der Waals surface area contributed by atoms with Crippen molar-refractivity contribution in [2.75, 3.05) is 0 Å². The molecule has 0 spiro atoms. The molecule has 0 aliphatic heterocycles. The van der Waals surface area contributed by atoms with Gasteiger partial charge in [0, 0.05) is 24.0 Å². The fourth-order valence-electron chi connectivity index (χ4n) is 2.04. The first-order valence-corrected chi connectivity index (χ1v) is 7.10. The Morgan fingerprint density at radius 1 is 0.920 bits per heavy atom. The van der Waals surface area contributed by atoms with E-state index in [-0.39, 0.29) is 17.1 Å². The molecule has 2 N–H and O–H groups in total. The van der Waals surface area contributed by atoms with Crippen LogP contribution in [0.1, 0.15) is 20.9 Å². The maximum absolute atomic E-state index is 13.7. The van der Waals surface area contributed by atoms with Gasteiger partial charge in [-0.15, -0.1) is 0 Å². The highest BCUT2D eigenvalue weighted by molar-refractivity contribution is 5.98. The monoisotopic (exact) mass is 343 g/mol. The van der Waals surface area contributed by atoms with Crippen molar-refractivity contribution in [2.24, 2.45) is 0 Å². The smallest absolute Gasteiger partial charge is 0.305 e. The van der Waals surface area contributed by atoms with Gasteiger partial charge in [0.25, 0.3) is 5.91 Å². The second-order valence-corrected chi connectivity index (χ2v) is 4.93. The number of hydrogen-bond acceptors (Lipinski definition) is 4. The van der Waals surface area contributed by atoms with Crippen LogP contribution in [-0.4, -0.2) is 16.8 Å². The highest BCUT2D eigenvalue weighted by Gasteiger charge is 2.16. The number of furan rings is 1. The molecular formula is C17H11F2N3O3. The van der Waals surface area contributed by atoms with Gasteiger partial charge in [-0.1, -0.05) is 0 Å². The van der Waals surface area contributed by atoms with Gasteiger partial charge in [-0.25, -0.2) is 8.78 Å². The SMILES string of the molecule is O=C(NNC(=O)c1ccc(-c2ccc(F)cc2F)o1)c1ccncc1. The zero-order valence-electron chi connectivity index (χ0n) is 12.6. The van der Waals surface area contributed by atoms with Crippen LogP contribution in [0.25, 0.3) is 11.3 Å². The van der Waals surface area contributed by atoms with E-state index >= 15 is 0 Å². The molecule has 2 aromatic heterocycles. The van der Waals surface area contributed by atoms with Gasteiger partial charge in [0.2, 0.25) is 0 Å². The molecule has 8 heteroatoms. The third-order valence-electron chi connectivity index (χ3n) is 3.26. The summed E-state index contributed by atoms with van der Waals surface area (Å²) in [6.07, 6.45) is 2.87. The minimum atomic E-state index is -0.813. The third kappa shape index (κ3) is 3.69. The van der Waals surface area contributed by atoms with Crippen molar-refractivity contribution in [2.45, 2.75) is 0 Å². The summed E-state index contributed by atoms with van der Waals surface area (Å²) >= 11 is 0. The van der Waals surface area contributed by atoms with E-state index in [0.29, 0.717) is 11.6 Å². The van der Waals surface area contributed by atoms with Gasteiger partial charge in [0.05, 0.1) is 5.56 Å². The van der Waals surface area contributed by atoms with E-state index in [1.54, 1.807) is 0 Å². The highest BCUT2D eigenvalue weighted by Crippen LogP contribution is 2.25. The average Bonchev–Trinajstić information content (AvgIpc) is 3.10. The molecule has 2 heterocycles. The summed E-state index contributed by atoms with van der Waals surface area (Å²) in [7, 11) is 0. The predicted molar refractivity (Wildman–Crippen MR) is 83.2 cm³/mol. The molecule has 0 saturated heterocycles. The first-order chi connectivity index (χ1) is 12.0. The van der Waals surface area contributed by atoms with E-state index < -0.39 is 23.4 Å². The third-order valence-corrected chi connectivity index (χ3v) is 3.26. The Morgan fingerprint density at radius 3 is 2.36 bits per heavy atom. The van der Waals surface area contributed by atoms with Gasteiger partial charge >= 0.3 is 5.91 Å². The molecule has 0 atom stereocenters. The van der Waals surface area contributed by atoms with Crippen LogP contribution >= 0.6 is 0 Å². The van der Waals surface area contributed by atoms with Gasteiger partial charge in [-0.2, -0.15) is 0 Å². The fourth-order valence-corrected chi connectivity index (χ4v) is 2.04. The standard InChI is InChI=1S/C17H11F2N3O3/c18-11-1-2-12(13(19)9-11)14-3-4-15(25-14)17(24)22-21-16(23)10-5-7-20-8-6-10/h1-9H,(H,21,23)(H,22,24). The molecule has 6 nitrogen and oxygen atoms in total. The molecular weight excluding hydrogens is 332 g/mol. The van der Waals surface area contributed by atoms with E-state index in [9.17, 15) is 18.4 Å². The molecule has 25 heavy (non-hydrogen) atoms. The number of amides is 2. The first-order valence-electron chi connectivity index (χ1n) is 7.10. The second-order valence-electron chi connectivity index (χ2n) is 4.93. The Labute approximate surface area is 140 Å². The van der Waals surface area contributed by atoms with Crippen molar-refractivity contribution in [3.05, 3.63) is 77.8 Å². The van der Waals surface area contributed by atoms with Crippen molar-refractivity contribution >= 4 is 11.8 Å². The van der Waals surface area contributed by atoms with E-state index in [1.165, 1.54) is 42.7 Å². The summed E-state index contributed by atoms with van der Waals surface area (Å²) in [6.45, 7) is 0. The number of hydrogen-bond donors (Lipinski definition) is 2. The number of nitrogens with zero attached hydrogens (tertiary/aromatic N) is 1. The Kier molecular flexibility index (Phi) is 4.51. The normalized spacial score (nSPS) is 10.3. The van der Waals surface area contributed by atoms with Gasteiger partial charge in [-0.05, 0) is 36.4 Å². The number of carbonyl (C=O) groups is 2. The molecule has 0 radical (unpaired) electrons. The van der Waals surface area contributed by atoms with Crippen LogP contribution < -0.4 is 10.9 Å². The van der Waals surface area contributed by atoms with Gasteiger partial charge in [0.1, 0.15) is 17.4 Å². The molecule has 126 valence electrons. The minimum absolute atomic E-state index is 0.0151. The van der Waals surface area contributed by atoms with Crippen molar-refractivity contribution in [3.63, 3.8) is 0 Å². The lowest BCUT2D eigenvalue weighted by Crippen LogP contribution is -2.41. The molecule has 3 aromatic rings. The maximum Gasteiger partial charge on any atom is 0.305 e. The quantitative estimate of drug-likeness (QED) is 0.716. The number of hydrazine groups is 1. The van der Waals surface area contributed by atoms with Crippen LogP contribution in [0.2, 0.25) is 0 Å². The summed E-state index contributed by atoms with van der Waals surface area (Å²) < 4.78 is 31.9. The highest BCUT2D eigenvalue weighted by atomic mass is 19.1. The van der Waals surface area contributed by atoms with Gasteiger partial charge in [-0.3, -0.25) is 25.4 Å². The molecule has 0 fully saturated rings. The Morgan fingerprint density at radius 2 is 1.64 bits per heavy atom. The van der Waals surface area contributed by atoms with E-state index in [2.05, 4.69) is 15.8 Å². The molecule has 0 bridgehead atoms. The lowest BCUT2D eigenvalue weighted by molar-refractivity contribution is 0.0831. The minimum Gasteiger partial charge on any atom is -0.451 e. The number of halogens is 2. The van der Waals surface area contributed by atoms with E-state index in [1.807, 2.05) is 0 Å². The topological polar surface area (TPSA) is 84.2 Å². The number of carbonyl (C=O) groups excluding carboxylic acids is 2. The largest absolute Gasteiger partial charge is 0.451 e. The molecule has 3 rings (SSSR count). The molecule has 0 aliphatic carbocycles. The summed E-state index contributed by atoms with van der Waals surface area (Å²) in [6, 6.07) is 8.63. The summed E-state index contributed by atoms with van der Waals surface area (Å²) in [5, 5.41) is 0. The first kappa shape index (κ1) is 16.3.